The molecule has 0 bridgehead atoms. The maximum Gasteiger partial charge on any atom is 0.283 e. The molecule has 0 spiro atoms. The van der Waals surface area contributed by atoms with E-state index in [1.807, 2.05) is 0 Å². The number of hydrogen-bond donors (Lipinski definition) is 1. The zero-order valence-corrected chi connectivity index (χ0v) is 15.7. The van der Waals surface area contributed by atoms with Crippen LogP contribution in [-0.4, -0.2) is 11.8 Å². The SMILES string of the molecule is O=C1C(Cl)=C(Nc2cc(Cl)cc(Cl)c2)C(=O)N1c1ccc(Br)cc1. The van der Waals surface area contributed by atoms with Gasteiger partial charge in [0.1, 0.15) is 10.7 Å². The second-order valence-electron chi connectivity index (χ2n) is 4.89. The van der Waals surface area contributed by atoms with Gasteiger partial charge in [-0.15, -0.1) is 0 Å². The van der Waals surface area contributed by atoms with Crippen molar-refractivity contribution in [3.8, 4) is 0 Å². The van der Waals surface area contributed by atoms with E-state index in [1.54, 1.807) is 42.5 Å². The van der Waals surface area contributed by atoms with E-state index < -0.39 is 11.8 Å². The molecule has 1 aliphatic rings. The molecule has 1 N–H and O–H groups in total. The average Bonchev–Trinajstić information content (AvgIpc) is 2.71. The summed E-state index contributed by atoms with van der Waals surface area (Å²) in [6.45, 7) is 0. The van der Waals surface area contributed by atoms with Crippen molar-refractivity contribution in [2.45, 2.75) is 0 Å². The van der Waals surface area contributed by atoms with Crippen LogP contribution >= 0.6 is 50.7 Å². The van der Waals surface area contributed by atoms with E-state index in [-0.39, 0.29) is 10.7 Å². The molecule has 1 aliphatic heterocycles. The molecule has 2 aromatic carbocycles. The Bertz CT molecular complexity index is 861. The summed E-state index contributed by atoms with van der Waals surface area (Å²) in [6, 6.07) is 11.4. The van der Waals surface area contributed by atoms with Gasteiger partial charge in [0.25, 0.3) is 11.8 Å². The summed E-state index contributed by atoms with van der Waals surface area (Å²) in [4.78, 5) is 26.0. The molecule has 2 amide bonds. The number of carbonyl (C=O) groups is 2. The van der Waals surface area contributed by atoms with Crippen molar-refractivity contribution in [2.75, 3.05) is 10.2 Å². The third kappa shape index (κ3) is 3.30. The molecule has 0 aromatic heterocycles. The van der Waals surface area contributed by atoms with Crippen molar-refractivity contribution >= 4 is 73.9 Å². The standard InChI is InChI=1S/C16H8BrCl3N2O2/c17-8-1-3-12(4-2-8)22-15(23)13(20)14(16(22)24)21-11-6-9(18)5-10(19)7-11/h1-7,21H. The number of nitrogens with one attached hydrogen (secondary N) is 1. The first-order valence-electron chi connectivity index (χ1n) is 6.64. The maximum atomic E-state index is 12.6. The van der Waals surface area contributed by atoms with Gasteiger partial charge in [0.2, 0.25) is 0 Å². The van der Waals surface area contributed by atoms with Crippen LogP contribution in [0.2, 0.25) is 10.0 Å². The smallest absolute Gasteiger partial charge is 0.283 e. The molecule has 4 nitrogen and oxygen atoms in total. The summed E-state index contributed by atoms with van der Waals surface area (Å²) in [5.74, 6) is -1.15. The molecule has 0 atom stereocenters. The highest BCUT2D eigenvalue weighted by atomic mass is 79.9. The number of nitrogens with zero attached hydrogens (tertiary/aromatic N) is 1. The van der Waals surface area contributed by atoms with Crippen molar-refractivity contribution in [2.24, 2.45) is 0 Å². The van der Waals surface area contributed by atoms with E-state index in [0.717, 1.165) is 9.37 Å². The van der Waals surface area contributed by atoms with Crippen LogP contribution in [0.1, 0.15) is 0 Å². The summed E-state index contributed by atoms with van der Waals surface area (Å²) in [6.07, 6.45) is 0. The number of amides is 2. The highest BCUT2D eigenvalue weighted by Gasteiger charge is 2.38. The molecule has 0 radical (unpaired) electrons. The molecule has 3 rings (SSSR count). The number of rotatable bonds is 3. The van der Waals surface area contributed by atoms with Gasteiger partial charge < -0.3 is 5.32 Å². The van der Waals surface area contributed by atoms with Crippen LogP contribution in [0.3, 0.4) is 0 Å². The Morgan fingerprint density at radius 3 is 2.04 bits per heavy atom. The van der Waals surface area contributed by atoms with E-state index in [4.69, 9.17) is 34.8 Å². The number of benzene rings is 2. The lowest BCUT2D eigenvalue weighted by Crippen LogP contribution is -2.32. The fraction of sp³-hybridized carbons (Fsp3) is 0. The number of imide groups is 1. The highest BCUT2D eigenvalue weighted by molar-refractivity contribution is 9.10. The van der Waals surface area contributed by atoms with Gasteiger partial charge >= 0.3 is 0 Å². The Labute approximate surface area is 161 Å². The number of carbonyl (C=O) groups excluding carboxylic acids is 2. The molecule has 0 fully saturated rings. The first-order valence-corrected chi connectivity index (χ1v) is 8.57. The minimum atomic E-state index is -0.598. The summed E-state index contributed by atoms with van der Waals surface area (Å²) in [5.41, 5.74) is 0.856. The Morgan fingerprint density at radius 2 is 1.46 bits per heavy atom. The summed E-state index contributed by atoms with van der Waals surface area (Å²) in [5, 5.41) is 3.41. The van der Waals surface area contributed by atoms with Crippen LogP contribution in [-0.2, 0) is 9.59 Å². The molecule has 2 aromatic rings. The fourth-order valence-corrected chi connectivity index (χ4v) is 3.21. The average molecular weight is 447 g/mol. The Hall–Kier alpha value is -1.53. The van der Waals surface area contributed by atoms with Crippen molar-refractivity contribution < 1.29 is 9.59 Å². The van der Waals surface area contributed by atoms with E-state index in [2.05, 4.69) is 21.2 Å². The molecule has 24 heavy (non-hydrogen) atoms. The molecule has 8 heteroatoms. The molecular weight excluding hydrogens is 438 g/mol. The molecule has 0 aliphatic carbocycles. The van der Waals surface area contributed by atoms with Gasteiger partial charge in [-0.2, -0.15) is 0 Å². The Morgan fingerprint density at radius 1 is 0.875 bits per heavy atom. The predicted octanol–water partition coefficient (Wildman–Crippen LogP) is 5.19. The van der Waals surface area contributed by atoms with E-state index in [0.29, 0.717) is 21.4 Å². The zero-order chi connectivity index (χ0) is 17.4. The first-order chi connectivity index (χ1) is 11.4. The Kier molecular flexibility index (Phi) is 4.88. The summed E-state index contributed by atoms with van der Waals surface area (Å²) >= 11 is 21.2. The third-order valence-corrected chi connectivity index (χ3v) is 4.56. The fourth-order valence-electron chi connectivity index (χ4n) is 2.21. The zero-order valence-electron chi connectivity index (χ0n) is 11.8. The van der Waals surface area contributed by atoms with Crippen molar-refractivity contribution in [3.63, 3.8) is 0 Å². The lowest BCUT2D eigenvalue weighted by atomic mass is 10.3. The predicted molar refractivity (Wildman–Crippen MR) is 99.6 cm³/mol. The van der Waals surface area contributed by atoms with Gasteiger partial charge in [-0.1, -0.05) is 50.7 Å². The summed E-state index contributed by atoms with van der Waals surface area (Å²) < 4.78 is 0.830. The second kappa shape index (κ2) is 6.76. The quantitative estimate of drug-likeness (QED) is 0.660. The largest absolute Gasteiger partial charge is 0.350 e. The molecular formula is C16H8BrCl3N2O2. The van der Waals surface area contributed by atoms with Crippen molar-refractivity contribution in [1.29, 1.82) is 0 Å². The van der Waals surface area contributed by atoms with Crippen LogP contribution < -0.4 is 10.2 Å². The lowest BCUT2D eigenvalue weighted by molar-refractivity contribution is -0.120. The molecule has 0 saturated carbocycles. The van der Waals surface area contributed by atoms with Gasteiger partial charge in [-0.05, 0) is 42.5 Å². The van der Waals surface area contributed by atoms with Gasteiger partial charge in [0.15, 0.2) is 0 Å². The minimum absolute atomic E-state index is 0.0251. The van der Waals surface area contributed by atoms with Crippen LogP contribution in [0.25, 0.3) is 0 Å². The minimum Gasteiger partial charge on any atom is -0.350 e. The number of halogens is 4. The van der Waals surface area contributed by atoms with Gasteiger partial charge in [-0.3, -0.25) is 9.59 Å². The molecule has 0 saturated heterocycles. The van der Waals surface area contributed by atoms with Gasteiger partial charge in [0, 0.05) is 20.2 Å². The first kappa shape index (κ1) is 17.3. The summed E-state index contributed by atoms with van der Waals surface area (Å²) in [7, 11) is 0. The van der Waals surface area contributed by atoms with Gasteiger partial charge in [0.05, 0.1) is 5.69 Å². The lowest BCUT2D eigenvalue weighted by Gasteiger charge is -2.15. The Balaban J connectivity index is 1.93. The van der Waals surface area contributed by atoms with Crippen LogP contribution in [0.15, 0.2) is 57.7 Å². The molecule has 122 valence electrons. The van der Waals surface area contributed by atoms with E-state index in [9.17, 15) is 9.59 Å². The number of anilines is 2. The second-order valence-corrected chi connectivity index (χ2v) is 7.06. The van der Waals surface area contributed by atoms with Crippen LogP contribution in [0.5, 0.6) is 0 Å². The normalized spacial score (nSPS) is 14.6. The maximum absolute atomic E-state index is 12.6. The van der Waals surface area contributed by atoms with Crippen molar-refractivity contribution in [1.82, 2.24) is 0 Å². The topological polar surface area (TPSA) is 49.4 Å². The van der Waals surface area contributed by atoms with Gasteiger partial charge in [-0.25, -0.2) is 4.90 Å². The monoisotopic (exact) mass is 444 g/mol. The van der Waals surface area contributed by atoms with Crippen molar-refractivity contribution in [3.05, 3.63) is 67.7 Å². The molecule has 0 unspecified atom stereocenters. The van der Waals surface area contributed by atoms with Crippen LogP contribution in [0.4, 0.5) is 11.4 Å². The van der Waals surface area contributed by atoms with Crippen LogP contribution in [0, 0.1) is 0 Å². The molecule has 1 heterocycles. The number of hydrogen-bond acceptors (Lipinski definition) is 3. The highest BCUT2D eigenvalue weighted by Crippen LogP contribution is 2.32. The third-order valence-electron chi connectivity index (χ3n) is 3.24. The van der Waals surface area contributed by atoms with E-state index >= 15 is 0 Å². The van der Waals surface area contributed by atoms with E-state index in [1.165, 1.54) is 0 Å².